The Bertz CT molecular complexity index is 1110. The summed E-state index contributed by atoms with van der Waals surface area (Å²) in [4.78, 5) is 0. The highest BCUT2D eigenvalue weighted by Gasteiger charge is 2.34. The molecule has 0 fully saturated rings. The SMILES string of the molecule is N#CC1=C(C2=CC=C2)Nc2n[nH]cc2C1c1cccc2nonc12. The molecule has 0 amide bonds. The van der Waals surface area contributed by atoms with Gasteiger partial charge in [-0.25, -0.2) is 4.63 Å². The van der Waals surface area contributed by atoms with Gasteiger partial charge in [-0.05, 0) is 27.5 Å². The molecule has 24 heavy (non-hydrogen) atoms. The Kier molecular flexibility index (Phi) is 2.50. The predicted molar refractivity (Wildman–Crippen MR) is 85.7 cm³/mol. The Morgan fingerprint density at radius 2 is 2.12 bits per heavy atom. The van der Waals surface area contributed by atoms with Crippen molar-refractivity contribution in [1.82, 2.24) is 20.5 Å². The van der Waals surface area contributed by atoms with Gasteiger partial charge in [0.2, 0.25) is 0 Å². The first-order valence-corrected chi connectivity index (χ1v) is 7.41. The smallest absolute Gasteiger partial charge is 0.156 e. The number of allylic oxidation sites excluding steroid dienone is 4. The molecule has 2 aromatic heterocycles. The zero-order chi connectivity index (χ0) is 16.1. The number of rotatable bonds is 2. The molecule has 0 saturated heterocycles. The Morgan fingerprint density at radius 1 is 1.21 bits per heavy atom. The van der Waals surface area contributed by atoms with Crippen LogP contribution in [0, 0.1) is 11.3 Å². The number of nitrogens with one attached hydrogen (secondary N) is 2. The van der Waals surface area contributed by atoms with Crippen LogP contribution in [0.3, 0.4) is 0 Å². The summed E-state index contributed by atoms with van der Waals surface area (Å²) >= 11 is 0. The maximum absolute atomic E-state index is 9.86. The second-order valence-electron chi connectivity index (χ2n) is 5.61. The van der Waals surface area contributed by atoms with Gasteiger partial charge in [-0.1, -0.05) is 30.4 Å². The third kappa shape index (κ3) is 1.62. The van der Waals surface area contributed by atoms with Crippen LogP contribution in [0.15, 0.2) is 64.1 Å². The van der Waals surface area contributed by atoms with Crippen molar-refractivity contribution in [3.05, 3.63) is 70.6 Å². The Hall–Kier alpha value is -3.66. The van der Waals surface area contributed by atoms with E-state index in [1.54, 1.807) is 6.20 Å². The summed E-state index contributed by atoms with van der Waals surface area (Å²) in [5.74, 6) is 0.425. The lowest BCUT2D eigenvalue weighted by Gasteiger charge is -2.27. The van der Waals surface area contributed by atoms with Crippen LogP contribution in [0.1, 0.15) is 17.0 Å². The zero-order valence-electron chi connectivity index (χ0n) is 12.3. The number of nitriles is 1. The molecule has 7 nitrogen and oxygen atoms in total. The number of hydrogen-bond donors (Lipinski definition) is 2. The van der Waals surface area contributed by atoms with Crippen LogP contribution in [0.25, 0.3) is 11.0 Å². The van der Waals surface area contributed by atoms with Crippen LogP contribution in [-0.4, -0.2) is 20.5 Å². The largest absolute Gasteiger partial charge is 0.337 e. The van der Waals surface area contributed by atoms with Crippen molar-refractivity contribution in [2.75, 3.05) is 5.32 Å². The zero-order valence-corrected chi connectivity index (χ0v) is 12.3. The molecule has 3 aromatic rings. The molecule has 1 atom stereocenters. The number of H-pyrrole nitrogens is 1. The van der Waals surface area contributed by atoms with E-state index in [1.807, 2.05) is 36.4 Å². The fourth-order valence-electron chi connectivity index (χ4n) is 3.20. The van der Waals surface area contributed by atoms with Crippen LogP contribution in [-0.2, 0) is 0 Å². The summed E-state index contributed by atoms with van der Waals surface area (Å²) in [5, 5.41) is 28.2. The molecule has 3 heterocycles. The van der Waals surface area contributed by atoms with E-state index >= 15 is 0 Å². The molecule has 1 aliphatic carbocycles. The van der Waals surface area contributed by atoms with Crippen LogP contribution in [0.4, 0.5) is 5.82 Å². The lowest BCUT2D eigenvalue weighted by molar-refractivity contribution is 0.315. The van der Waals surface area contributed by atoms with Crippen molar-refractivity contribution >= 4 is 16.9 Å². The highest BCUT2D eigenvalue weighted by atomic mass is 16.6. The predicted octanol–water partition coefficient (Wildman–Crippen LogP) is 2.78. The Labute approximate surface area is 135 Å². The highest BCUT2D eigenvalue weighted by Crippen LogP contribution is 2.44. The second-order valence-corrected chi connectivity index (χ2v) is 5.61. The van der Waals surface area contributed by atoms with Crippen molar-refractivity contribution in [2.45, 2.75) is 5.92 Å². The minimum Gasteiger partial charge on any atom is -0.337 e. The van der Waals surface area contributed by atoms with E-state index in [9.17, 15) is 5.26 Å². The van der Waals surface area contributed by atoms with Gasteiger partial charge in [-0.3, -0.25) is 5.10 Å². The maximum atomic E-state index is 9.86. The van der Waals surface area contributed by atoms with E-state index in [-0.39, 0.29) is 5.92 Å². The van der Waals surface area contributed by atoms with Crippen LogP contribution in [0.5, 0.6) is 0 Å². The molecular weight excluding hydrogens is 304 g/mol. The van der Waals surface area contributed by atoms with E-state index in [2.05, 4.69) is 31.9 Å². The van der Waals surface area contributed by atoms with Crippen molar-refractivity contribution in [3.8, 4) is 6.07 Å². The lowest BCUT2D eigenvalue weighted by Crippen LogP contribution is -2.19. The van der Waals surface area contributed by atoms with Gasteiger partial charge in [-0.15, -0.1) is 0 Å². The fraction of sp³-hybridized carbons (Fsp3) is 0.0588. The molecular formula is C17H10N6O. The van der Waals surface area contributed by atoms with Gasteiger partial charge in [-0.2, -0.15) is 10.4 Å². The molecule has 1 unspecified atom stereocenters. The number of nitrogens with zero attached hydrogens (tertiary/aromatic N) is 4. The molecule has 0 saturated carbocycles. The number of aromatic nitrogens is 4. The average molecular weight is 314 g/mol. The van der Waals surface area contributed by atoms with Gasteiger partial charge in [0.1, 0.15) is 11.0 Å². The van der Waals surface area contributed by atoms with Crippen LogP contribution < -0.4 is 5.32 Å². The molecule has 2 aliphatic rings. The first kappa shape index (κ1) is 12.8. The second kappa shape index (κ2) is 4.67. The first-order chi connectivity index (χ1) is 11.9. The highest BCUT2D eigenvalue weighted by molar-refractivity contribution is 5.81. The summed E-state index contributed by atoms with van der Waals surface area (Å²) in [7, 11) is 0. The molecule has 1 aliphatic heterocycles. The summed E-state index contributed by atoms with van der Waals surface area (Å²) in [6.45, 7) is 0. The molecule has 2 N–H and O–H groups in total. The Balaban J connectivity index is 1.80. The minimum atomic E-state index is -0.287. The van der Waals surface area contributed by atoms with Gasteiger partial charge in [0, 0.05) is 11.8 Å². The summed E-state index contributed by atoms with van der Waals surface area (Å²) in [6, 6.07) is 8.03. The van der Waals surface area contributed by atoms with Gasteiger partial charge in [0.15, 0.2) is 5.82 Å². The minimum absolute atomic E-state index is 0.287. The third-order valence-electron chi connectivity index (χ3n) is 4.37. The van der Waals surface area contributed by atoms with Gasteiger partial charge >= 0.3 is 0 Å². The quantitative estimate of drug-likeness (QED) is 0.754. The van der Waals surface area contributed by atoms with Crippen molar-refractivity contribution in [1.29, 1.82) is 5.26 Å². The molecule has 0 radical (unpaired) electrons. The third-order valence-corrected chi connectivity index (χ3v) is 4.37. The molecule has 5 rings (SSSR count). The molecule has 7 heteroatoms. The number of fused-ring (bicyclic) bond motifs is 2. The number of anilines is 1. The summed E-state index contributed by atoms with van der Waals surface area (Å²) in [6.07, 6.45) is 7.67. The van der Waals surface area contributed by atoms with Crippen LogP contribution >= 0.6 is 0 Å². The van der Waals surface area contributed by atoms with E-state index in [0.717, 1.165) is 22.4 Å². The maximum Gasteiger partial charge on any atom is 0.156 e. The fourth-order valence-corrected chi connectivity index (χ4v) is 3.20. The number of aromatic amines is 1. The molecule has 0 bridgehead atoms. The molecule has 0 spiro atoms. The lowest BCUT2D eigenvalue weighted by atomic mass is 9.81. The first-order valence-electron chi connectivity index (χ1n) is 7.41. The summed E-state index contributed by atoms with van der Waals surface area (Å²) in [5.41, 5.74) is 5.47. The van der Waals surface area contributed by atoms with Crippen molar-refractivity contribution in [2.24, 2.45) is 0 Å². The van der Waals surface area contributed by atoms with Crippen molar-refractivity contribution < 1.29 is 4.63 Å². The summed E-state index contributed by atoms with van der Waals surface area (Å²) < 4.78 is 4.88. The van der Waals surface area contributed by atoms with Gasteiger partial charge in [0.25, 0.3) is 0 Å². The van der Waals surface area contributed by atoms with Gasteiger partial charge < -0.3 is 5.32 Å². The van der Waals surface area contributed by atoms with Crippen molar-refractivity contribution in [3.63, 3.8) is 0 Å². The molecule has 1 aromatic carbocycles. The number of benzene rings is 1. The number of hydrogen-bond acceptors (Lipinski definition) is 6. The van der Waals surface area contributed by atoms with E-state index in [1.165, 1.54) is 0 Å². The Morgan fingerprint density at radius 3 is 2.92 bits per heavy atom. The average Bonchev–Trinajstić information content (AvgIpc) is 3.20. The van der Waals surface area contributed by atoms with E-state index in [0.29, 0.717) is 22.4 Å². The van der Waals surface area contributed by atoms with E-state index < -0.39 is 0 Å². The topological polar surface area (TPSA) is 103 Å². The molecule has 114 valence electrons. The standard InChI is InChI=1S/C17H10N6O/c18-7-11-14(10-5-2-6-13-16(10)23-24-22-13)12-8-19-21-17(12)20-15(11)9-3-1-4-9/h1-6,8,14H,(H2,19,20,21). The van der Waals surface area contributed by atoms with E-state index in [4.69, 9.17) is 4.63 Å². The van der Waals surface area contributed by atoms with Crippen LogP contribution in [0.2, 0.25) is 0 Å². The van der Waals surface area contributed by atoms with Gasteiger partial charge in [0.05, 0.1) is 23.3 Å². The normalized spacial score (nSPS) is 18.6. The monoisotopic (exact) mass is 314 g/mol.